The average Bonchev–Trinajstić information content (AvgIpc) is 2.85. The summed E-state index contributed by atoms with van der Waals surface area (Å²) in [7, 11) is 0. The smallest absolute Gasteiger partial charge is 0.255 e. The van der Waals surface area contributed by atoms with Crippen LogP contribution in [0.4, 0.5) is 0 Å². The lowest BCUT2D eigenvalue weighted by molar-refractivity contribution is 1.03. The Hall–Kier alpha value is -0.850. The summed E-state index contributed by atoms with van der Waals surface area (Å²) in [6.45, 7) is 0. The van der Waals surface area contributed by atoms with Gasteiger partial charge in [0.15, 0.2) is 10.8 Å². The number of nitrogens with one attached hydrogen (secondary N) is 1. The van der Waals surface area contributed by atoms with Crippen LogP contribution in [-0.4, -0.2) is 15.0 Å². The number of thioether (sulfide) groups is 1. The fourth-order valence-corrected chi connectivity index (χ4v) is 3.42. The first-order valence-electron chi connectivity index (χ1n) is 4.55. The van der Waals surface area contributed by atoms with Crippen LogP contribution in [0.1, 0.15) is 11.3 Å². The molecule has 0 saturated carbocycles. The van der Waals surface area contributed by atoms with Gasteiger partial charge in [-0.25, -0.2) is 9.97 Å². The van der Waals surface area contributed by atoms with E-state index in [9.17, 15) is 4.79 Å². The molecule has 4 nitrogen and oxygen atoms in total. The lowest BCUT2D eigenvalue weighted by Gasteiger charge is -1.99. The number of hydrogen-bond acceptors (Lipinski definition) is 5. The molecule has 0 unspecified atom stereocenters. The molecule has 0 saturated heterocycles. The highest BCUT2D eigenvalue weighted by Gasteiger charge is 2.18. The third-order valence-corrected chi connectivity index (χ3v) is 4.36. The first-order chi connectivity index (χ1) is 7.74. The summed E-state index contributed by atoms with van der Waals surface area (Å²) in [4.78, 5) is 23.0. The highest BCUT2D eigenvalue weighted by atomic mass is 35.5. The molecule has 2 aromatic heterocycles. The summed E-state index contributed by atoms with van der Waals surface area (Å²) in [6, 6.07) is 0. The Labute approximate surface area is 104 Å². The molecule has 1 aliphatic heterocycles. The zero-order valence-corrected chi connectivity index (χ0v) is 10.4. The number of fused-ring (bicyclic) bond motifs is 1. The molecule has 0 atom stereocenters. The Kier molecular flexibility index (Phi) is 2.49. The largest absolute Gasteiger partial charge is 0.304 e. The zero-order valence-electron chi connectivity index (χ0n) is 7.99. The maximum absolute atomic E-state index is 11.7. The minimum Gasteiger partial charge on any atom is -0.304 e. The van der Waals surface area contributed by atoms with Crippen LogP contribution in [0.25, 0.3) is 10.8 Å². The molecule has 7 heteroatoms. The number of aromatic amines is 1. The molecule has 0 fully saturated rings. The van der Waals surface area contributed by atoms with E-state index in [4.69, 9.17) is 11.6 Å². The van der Waals surface area contributed by atoms with Crippen LogP contribution in [0, 0.1) is 0 Å². The van der Waals surface area contributed by atoms with Gasteiger partial charge in [-0.1, -0.05) is 22.9 Å². The third kappa shape index (κ3) is 1.66. The number of H-pyrrole nitrogens is 1. The average molecular weight is 272 g/mol. The van der Waals surface area contributed by atoms with Crippen LogP contribution in [0.3, 0.4) is 0 Å². The molecule has 1 N–H and O–H groups in total. The molecule has 0 bridgehead atoms. The highest BCUT2D eigenvalue weighted by molar-refractivity contribution is 7.98. The van der Waals surface area contributed by atoms with Gasteiger partial charge >= 0.3 is 0 Å². The summed E-state index contributed by atoms with van der Waals surface area (Å²) in [5.41, 5.74) is 1.60. The molecule has 0 amide bonds. The van der Waals surface area contributed by atoms with Crippen LogP contribution in [0.15, 0.2) is 11.0 Å². The van der Waals surface area contributed by atoms with E-state index < -0.39 is 0 Å². The van der Waals surface area contributed by atoms with Gasteiger partial charge in [0.05, 0.1) is 11.9 Å². The lowest BCUT2D eigenvalue weighted by atomic mass is 10.3. The molecule has 1 aliphatic rings. The fourth-order valence-electron chi connectivity index (χ4n) is 1.53. The van der Waals surface area contributed by atoms with Crippen molar-refractivity contribution < 1.29 is 0 Å². The standard InChI is InChI=1S/C9H6ClN3OS2/c10-6-1-11-9(16-6)7-12-5-3-15-2-4(5)8(14)13-7/h1H,2-3H2,(H,12,13,14). The van der Waals surface area contributed by atoms with E-state index in [1.54, 1.807) is 18.0 Å². The van der Waals surface area contributed by atoms with Crippen molar-refractivity contribution in [3.05, 3.63) is 32.1 Å². The second kappa shape index (κ2) is 3.87. The number of halogens is 1. The van der Waals surface area contributed by atoms with Gasteiger partial charge in [-0.2, -0.15) is 11.8 Å². The molecule has 3 heterocycles. The van der Waals surface area contributed by atoms with Crippen LogP contribution in [-0.2, 0) is 11.5 Å². The summed E-state index contributed by atoms with van der Waals surface area (Å²) in [5, 5.41) is 0.654. The fraction of sp³-hybridized carbons (Fsp3) is 0.222. The number of thiazole rings is 1. The minimum atomic E-state index is -0.0590. The van der Waals surface area contributed by atoms with Gasteiger partial charge in [0, 0.05) is 17.1 Å². The van der Waals surface area contributed by atoms with E-state index in [-0.39, 0.29) is 5.56 Å². The van der Waals surface area contributed by atoms with Gasteiger partial charge in [-0.05, 0) is 0 Å². The van der Waals surface area contributed by atoms with Crippen molar-refractivity contribution >= 4 is 34.7 Å². The number of aromatic nitrogens is 3. The molecule has 82 valence electrons. The van der Waals surface area contributed by atoms with Crippen molar-refractivity contribution in [1.82, 2.24) is 15.0 Å². The van der Waals surface area contributed by atoms with Gasteiger partial charge in [-0.3, -0.25) is 4.79 Å². The van der Waals surface area contributed by atoms with E-state index in [0.29, 0.717) is 15.2 Å². The number of nitrogens with zero attached hydrogens (tertiary/aromatic N) is 2. The first kappa shape index (κ1) is 10.3. The van der Waals surface area contributed by atoms with Gasteiger partial charge in [-0.15, -0.1) is 0 Å². The minimum absolute atomic E-state index is 0.0590. The van der Waals surface area contributed by atoms with Crippen LogP contribution in [0.5, 0.6) is 0 Å². The van der Waals surface area contributed by atoms with Crippen molar-refractivity contribution in [3.8, 4) is 10.8 Å². The molecule has 0 aliphatic carbocycles. The molecule has 0 spiro atoms. The number of hydrogen-bond donors (Lipinski definition) is 1. The lowest BCUT2D eigenvalue weighted by Crippen LogP contribution is -2.15. The van der Waals surface area contributed by atoms with E-state index in [1.165, 1.54) is 11.3 Å². The molecule has 2 aromatic rings. The van der Waals surface area contributed by atoms with E-state index in [0.717, 1.165) is 22.8 Å². The van der Waals surface area contributed by atoms with Gasteiger partial charge in [0.25, 0.3) is 5.56 Å². The quantitative estimate of drug-likeness (QED) is 0.865. The van der Waals surface area contributed by atoms with Crippen LogP contribution in [0.2, 0.25) is 4.34 Å². The van der Waals surface area contributed by atoms with Gasteiger partial charge < -0.3 is 4.98 Å². The predicted octanol–water partition coefficient (Wildman–Crippen LogP) is 2.29. The maximum Gasteiger partial charge on any atom is 0.255 e. The molecule has 0 aromatic carbocycles. The predicted molar refractivity (Wildman–Crippen MR) is 66.0 cm³/mol. The summed E-state index contributed by atoms with van der Waals surface area (Å²) in [5.74, 6) is 2.06. The molecular weight excluding hydrogens is 266 g/mol. The molecule has 16 heavy (non-hydrogen) atoms. The maximum atomic E-state index is 11.7. The molecule has 0 radical (unpaired) electrons. The SMILES string of the molecule is O=c1[nH]c(-c2ncc(Cl)s2)nc2c1CSC2. The topological polar surface area (TPSA) is 58.6 Å². The zero-order chi connectivity index (χ0) is 11.1. The summed E-state index contributed by atoms with van der Waals surface area (Å²) in [6.07, 6.45) is 1.56. The molecule has 3 rings (SSSR count). The molecular formula is C9H6ClN3OS2. The normalized spacial score (nSPS) is 14.1. The first-order valence-corrected chi connectivity index (χ1v) is 6.90. The third-order valence-electron chi connectivity index (χ3n) is 2.27. The second-order valence-corrected chi connectivity index (χ2v) is 5.95. The van der Waals surface area contributed by atoms with Gasteiger partial charge in [0.2, 0.25) is 0 Å². The summed E-state index contributed by atoms with van der Waals surface area (Å²) >= 11 is 8.81. The Morgan fingerprint density at radius 1 is 1.44 bits per heavy atom. The Balaban J connectivity index is 2.16. The van der Waals surface area contributed by atoms with E-state index in [2.05, 4.69) is 15.0 Å². The second-order valence-electron chi connectivity index (χ2n) is 3.30. The highest BCUT2D eigenvalue weighted by Crippen LogP contribution is 2.29. The van der Waals surface area contributed by atoms with E-state index in [1.807, 2.05) is 0 Å². The van der Waals surface area contributed by atoms with Crippen LogP contribution >= 0.6 is 34.7 Å². The van der Waals surface area contributed by atoms with Crippen LogP contribution < -0.4 is 5.56 Å². The van der Waals surface area contributed by atoms with Crippen molar-refractivity contribution in [2.45, 2.75) is 11.5 Å². The summed E-state index contributed by atoms with van der Waals surface area (Å²) < 4.78 is 0.590. The Morgan fingerprint density at radius 3 is 3.06 bits per heavy atom. The Bertz CT molecular complexity index is 607. The van der Waals surface area contributed by atoms with Crippen molar-refractivity contribution in [3.63, 3.8) is 0 Å². The van der Waals surface area contributed by atoms with Gasteiger partial charge in [0.1, 0.15) is 4.34 Å². The van der Waals surface area contributed by atoms with E-state index >= 15 is 0 Å². The van der Waals surface area contributed by atoms with Crippen molar-refractivity contribution in [1.29, 1.82) is 0 Å². The van der Waals surface area contributed by atoms with Crippen molar-refractivity contribution in [2.75, 3.05) is 0 Å². The van der Waals surface area contributed by atoms with Crippen molar-refractivity contribution in [2.24, 2.45) is 0 Å². The monoisotopic (exact) mass is 271 g/mol. The Morgan fingerprint density at radius 2 is 2.31 bits per heavy atom. The number of rotatable bonds is 1.